The number of aliphatic hydroxyl groups excluding tert-OH is 1. The molecule has 1 aliphatic carbocycles. The standard InChI is InChI=1S/C25H42N4O4S/c1-16-22(34-15-27-16)19-8-6-18(7-9-19)11-26-14-33-13-20-10-21(31)12-29(20)24(32)23(25(3,4)5)28-17(2)30/h15,18-21,23,26,31H,6-14H2,1-5H3,(H,28,30)/t18?,19?,20-,21+,23?/m0/s1. The van der Waals surface area contributed by atoms with E-state index in [1.165, 1.54) is 43.2 Å². The summed E-state index contributed by atoms with van der Waals surface area (Å²) in [5, 5.41) is 16.4. The van der Waals surface area contributed by atoms with Gasteiger partial charge in [0.1, 0.15) is 6.04 Å². The van der Waals surface area contributed by atoms with Crippen LogP contribution in [0.5, 0.6) is 0 Å². The van der Waals surface area contributed by atoms with E-state index in [9.17, 15) is 14.7 Å². The van der Waals surface area contributed by atoms with Crippen LogP contribution < -0.4 is 10.6 Å². The fraction of sp³-hybridized carbons (Fsp3) is 0.800. The molecule has 1 aromatic heterocycles. The monoisotopic (exact) mass is 494 g/mol. The Hall–Kier alpha value is -1.55. The molecule has 9 heteroatoms. The number of hydrogen-bond acceptors (Lipinski definition) is 7. The Bertz CT molecular complexity index is 816. The molecule has 3 atom stereocenters. The first-order valence-electron chi connectivity index (χ1n) is 12.5. The second-order valence-electron chi connectivity index (χ2n) is 11.0. The van der Waals surface area contributed by atoms with Gasteiger partial charge in [0.05, 0.1) is 36.7 Å². The van der Waals surface area contributed by atoms with Gasteiger partial charge in [0, 0.05) is 24.9 Å². The normalized spacial score (nSPS) is 26.5. The van der Waals surface area contributed by atoms with Gasteiger partial charge in [0.2, 0.25) is 11.8 Å². The molecule has 2 aliphatic rings. The zero-order valence-electron chi connectivity index (χ0n) is 21.3. The van der Waals surface area contributed by atoms with E-state index in [2.05, 4.69) is 22.5 Å². The van der Waals surface area contributed by atoms with Gasteiger partial charge in [-0.2, -0.15) is 0 Å². The highest BCUT2D eigenvalue weighted by atomic mass is 32.1. The number of β-amino-alcohol motifs (C(OH)–C–C–N with tert-alkyl or cyclic N) is 1. The van der Waals surface area contributed by atoms with Crippen LogP contribution in [-0.4, -0.2) is 71.4 Å². The number of carbonyl (C=O) groups is 2. The molecule has 1 aliphatic heterocycles. The minimum Gasteiger partial charge on any atom is -0.391 e. The molecule has 1 aromatic rings. The molecule has 0 spiro atoms. The van der Waals surface area contributed by atoms with Gasteiger partial charge >= 0.3 is 0 Å². The van der Waals surface area contributed by atoms with E-state index in [0.717, 1.165) is 6.54 Å². The third-order valence-electron chi connectivity index (χ3n) is 7.08. The first kappa shape index (κ1) is 27.0. The number of nitrogens with one attached hydrogen (secondary N) is 2. The molecule has 0 radical (unpaired) electrons. The molecule has 1 saturated heterocycles. The summed E-state index contributed by atoms with van der Waals surface area (Å²) in [5.41, 5.74) is 2.72. The average molecular weight is 495 g/mol. The molecule has 2 heterocycles. The first-order chi connectivity index (χ1) is 16.1. The van der Waals surface area contributed by atoms with E-state index in [0.29, 0.717) is 31.6 Å². The molecule has 3 N–H and O–H groups in total. The molecule has 34 heavy (non-hydrogen) atoms. The highest BCUT2D eigenvalue weighted by Gasteiger charge is 2.41. The fourth-order valence-electron chi connectivity index (χ4n) is 5.20. The molecule has 192 valence electrons. The number of aliphatic hydroxyl groups is 1. The topological polar surface area (TPSA) is 104 Å². The van der Waals surface area contributed by atoms with Crippen molar-refractivity contribution in [3.05, 3.63) is 16.1 Å². The molecule has 1 unspecified atom stereocenters. The minimum absolute atomic E-state index is 0.159. The molecule has 0 aromatic carbocycles. The largest absolute Gasteiger partial charge is 0.391 e. The Kier molecular flexibility index (Phi) is 9.49. The summed E-state index contributed by atoms with van der Waals surface area (Å²) in [6.07, 6.45) is 4.78. The second-order valence-corrected chi connectivity index (χ2v) is 11.9. The van der Waals surface area contributed by atoms with Crippen molar-refractivity contribution in [1.82, 2.24) is 20.5 Å². The highest BCUT2D eigenvalue weighted by Crippen LogP contribution is 2.38. The predicted octanol–water partition coefficient (Wildman–Crippen LogP) is 2.80. The third kappa shape index (κ3) is 7.23. The van der Waals surface area contributed by atoms with Gasteiger partial charge in [0.25, 0.3) is 0 Å². The van der Waals surface area contributed by atoms with Crippen LogP contribution in [0.25, 0.3) is 0 Å². The van der Waals surface area contributed by atoms with Crippen LogP contribution >= 0.6 is 11.3 Å². The van der Waals surface area contributed by atoms with Crippen LogP contribution in [0.1, 0.15) is 76.3 Å². The van der Waals surface area contributed by atoms with E-state index in [1.54, 1.807) is 16.2 Å². The van der Waals surface area contributed by atoms with Crippen molar-refractivity contribution >= 4 is 23.2 Å². The van der Waals surface area contributed by atoms with Crippen LogP contribution in [0.3, 0.4) is 0 Å². The second kappa shape index (κ2) is 11.9. The van der Waals surface area contributed by atoms with Gasteiger partial charge in [-0.1, -0.05) is 20.8 Å². The smallest absolute Gasteiger partial charge is 0.246 e. The highest BCUT2D eigenvalue weighted by molar-refractivity contribution is 7.09. The Balaban J connectivity index is 1.40. The Morgan fingerprint density at radius 3 is 2.59 bits per heavy atom. The van der Waals surface area contributed by atoms with Crippen molar-refractivity contribution < 1.29 is 19.4 Å². The number of aromatic nitrogens is 1. The molecule has 3 rings (SSSR count). The number of carbonyl (C=O) groups excluding carboxylic acids is 2. The van der Waals surface area contributed by atoms with Crippen LogP contribution in [0.2, 0.25) is 0 Å². The lowest BCUT2D eigenvalue weighted by Gasteiger charge is -2.35. The van der Waals surface area contributed by atoms with Gasteiger partial charge in [0.15, 0.2) is 0 Å². The van der Waals surface area contributed by atoms with E-state index in [-0.39, 0.29) is 24.4 Å². The maximum Gasteiger partial charge on any atom is 0.246 e. The van der Waals surface area contributed by atoms with Gasteiger partial charge < -0.3 is 20.1 Å². The zero-order chi connectivity index (χ0) is 24.9. The lowest BCUT2D eigenvalue weighted by molar-refractivity contribution is -0.141. The third-order valence-corrected chi connectivity index (χ3v) is 8.18. The van der Waals surface area contributed by atoms with Gasteiger partial charge in [-0.3, -0.25) is 14.9 Å². The van der Waals surface area contributed by atoms with Gasteiger partial charge in [-0.25, -0.2) is 4.98 Å². The van der Waals surface area contributed by atoms with Gasteiger partial charge in [-0.15, -0.1) is 11.3 Å². The van der Waals surface area contributed by atoms with Crippen molar-refractivity contribution in [2.24, 2.45) is 11.3 Å². The first-order valence-corrected chi connectivity index (χ1v) is 13.4. The number of thiazole rings is 1. The summed E-state index contributed by atoms with van der Waals surface area (Å²) in [5.74, 6) is 0.923. The van der Waals surface area contributed by atoms with Crippen LogP contribution in [0.15, 0.2) is 5.51 Å². The SMILES string of the molecule is CC(=O)NC(C(=O)N1C[C@H](O)C[C@H]1COCNCC1CCC(c2scnc2C)CC1)C(C)(C)C. The number of hydrogen-bond donors (Lipinski definition) is 3. The number of rotatable bonds is 9. The van der Waals surface area contributed by atoms with Crippen molar-refractivity contribution in [3.63, 3.8) is 0 Å². The van der Waals surface area contributed by atoms with Crippen LogP contribution in [0.4, 0.5) is 0 Å². The lowest BCUT2D eigenvalue weighted by atomic mass is 9.81. The average Bonchev–Trinajstić information content (AvgIpc) is 3.36. The van der Waals surface area contributed by atoms with Crippen molar-refractivity contribution in [1.29, 1.82) is 0 Å². The molecule has 0 bridgehead atoms. The van der Waals surface area contributed by atoms with E-state index in [4.69, 9.17) is 4.74 Å². The summed E-state index contributed by atoms with van der Waals surface area (Å²) in [4.78, 5) is 32.4. The van der Waals surface area contributed by atoms with E-state index >= 15 is 0 Å². The Morgan fingerprint density at radius 2 is 2.00 bits per heavy atom. The summed E-state index contributed by atoms with van der Waals surface area (Å²) in [6, 6.07) is -0.833. The number of ether oxygens (including phenoxy) is 1. The predicted molar refractivity (Wildman–Crippen MR) is 134 cm³/mol. The summed E-state index contributed by atoms with van der Waals surface area (Å²) >= 11 is 1.79. The molecule has 2 amide bonds. The quantitative estimate of drug-likeness (QED) is 0.360. The Morgan fingerprint density at radius 1 is 1.29 bits per heavy atom. The molecular formula is C25H42N4O4S. The maximum atomic E-state index is 13.2. The summed E-state index contributed by atoms with van der Waals surface area (Å²) < 4.78 is 5.87. The minimum atomic E-state index is -0.639. The number of amides is 2. The van der Waals surface area contributed by atoms with E-state index < -0.39 is 17.6 Å². The van der Waals surface area contributed by atoms with E-state index in [1.807, 2.05) is 26.3 Å². The summed E-state index contributed by atoms with van der Waals surface area (Å²) in [7, 11) is 0. The van der Waals surface area contributed by atoms with Crippen molar-refractivity contribution in [2.45, 2.75) is 90.8 Å². The number of nitrogens with zero attached hydrogens (tertiary/aromatic N) is 2. The molecular weight excluding hydrogens is 452 g/mol. The fourth-order valence-corrected chi connectivity index (χ4v) is 6.18. The molecule has 2 fully saturated rings. The number of aryl methyl sites for hydroxylation is 1. The summed E-state index contributed by atoms with van der Waals surface area (Å²) in [6.45, 7) is 11.3. The molecule has 1 saturated carbocycles. The lowest BCUT2D eigenvalue weighted by Crippen LogP contribution is -2.56. The Labute approximate surface area is 207 Å². The van der Waals surface area contributed by atoms with Crippen LogP contribution in [0, 0.1) is 18.3 Å². The van der Waals surface area contributed by atoms with Crippen LogP contribution in [-0.2, 0) is 14.3 Å². The maximum absolute atomic E-state index is 13.2. The zero-order valence-corrected chi connectivity index (χ0v) is 22.1. The van der Waals surface area contributed by atoms with Gasteiger partial charge in [-0.05, 0) is 56.3 Å². The molecule has 8 nitrogen and oxygen atoms in total. The van der Waals surface area contributed by atoms with Crippen molar-refractivity contribution in [2.75, 3.05) is 26.4 Å². The van der Waals surface area contributed by atoms with Crippen molar-refractivity contribution in [3.8, 4) is 0 Å². The number of likely N-dealkylation sites (tertiary alicyclic amines) is 1.